The molecule has 120 valence electrons. The van der Waals surface area contributed by atoms with E-state index >= 15 is 0 Å². The van der Waals surface area contributed by atoms with Crippen molar-refractivity contribution in [3.63, 3.8) is 0 Å². The number of piperazine rings is 1. The molecule has 0 saturated carbocycles. The molecule has 3 heterocycles. The summed E-state index contributed by atoms with van der Waals surface area (Å²) in [4.78, 5) is 16.6. The number of nitrogens with zero attached hydrogens (tertiary/aromatic N) is 4. The standard InChI is InChI=1S/C17H26N4S/c1-4-14-11-15-16(18-12-19-17(15)22-14)21-9-7-20(8-10-21)6-5-13(2)3/h11-13H,4-10H2,1-3H3. The second-order valence-electron chi connectivity index (χ2n) is 6.49. The molecule has 4 nitrogen and oxygen atoms in total. The number of thiophene rings is 1. The van der Waals surface area contributed by atoms with Crippen molar-refractivity contribution >= 4 is 27.4 Å². The fourth-order valence-corrected chi connectivity index (χ4v) is 3.87. The van der Waals surface area contributed by atoms with Gasteiger partial charge in [0.2, 0.25) is 0 Å². The molecule has 0 unspecified atom stereocenters. The van der Waals surface area contributed by atoms with Crippen LogP contribution in [0.5, 0.6) is 0 Å². The number of anilines is 1. The first kappa shape index (κ1) is 15.7. The topological polar surface area (TPSA) is 32.3 Å². The van der Waals surface area contributed by atoms with Gasteiger partial charge in [-0.2, -0.15) is 0 Å². The normalized spacial score (nSPS) is 16.8. The molecule has 1 saturated heterocycles. The van der Waals surface area contributed by atoms with E-state index in [-0.39, 0.29) is 0 Å². The van der Waals surface area contributed by atoms with Crippen LogP contribution in [0.3, 0.4) is 0 Å². The van der Waals surface area contributed by atoms with Crippen molar-refractivity contribution in [1.29, 1.82) is 0 Å². The lowest BCUT2D eigenvalue weighted by Gasteiger charge is -2.35. The third-order valence-electron chi connectivity index (χ3n) is 4.40. The molecular formula is C17H26N4S. The van der Waals surface area contributed by atoms with E-state index in [1.54, 1.807) is 17.7 Å². The van der Waals surface area contributed by atoms with Crippen LogP contribution in [0.25, 0.3) is 10.2 Å². The van der Waals surface area contributed by atoms with Crippen LogP contribution in [0.1, 0.15) is 32.1 Å². The van der Waals surface area contributed by atoms with E-state index in [9.17, 15) is 0 Å². The Balaban J connectivity index is 1.69. The first-order valence-corrected chi connectivity index (χ1v) is 9.19. The maximum atomic E-state index is 4.58. The van der Waals surface area contributed by atoms with Crippen molar-refractivity contribution in [2.24, 2.45) is 5.92 Å². The van der Waals surface area contributed by atoms with Gasteiger partial charge in [0.25, 0.3) is 0 Å². The molecule has 5 heteroatoms. The monoisotopic (exact) mass is 318 g/mol. The molecule has 22 heavy (non-hydrogen) atoms. The van der Waals surface area contributed by atoms with Crippen molar-refractivity contribution < 1.29 is 0 Å². The molecule has 0 radical (unpaired) electrons. The largest absolute Gasteiger partial charge is 0.353 e. The summed E-state index contributed by atoms with van der Waals surface area (Å²) in [6.07, 6.45) is 4.09. The Labute approximate surface area is 137 Å². The van der Waals surface area contributed by atoms with Crippen LogP contribution in [0.4, 0.5) is 5.82 Å². The maximum Gasteiger partial charge on any atom is 0.140 e. The van der Waals surface area contributed by atoms with Crippen molar-refractivity contribution in [1.82, 2.24) is 14.9 Å². The highest BCUT2D eigenvalue weighted by atomic mass is 32.1. The third kappa shape index (κ3) is 3.41. The molecule has 0 N–H and O–H groups in total. The van der Waals surface area contributed by atoms with Gasteiger partial charge in [-0.25, -0.2) is 9.97 Å². The summed E-state index contributed by atoms with van der Waals surface area (Å²) < 4.78 is 0. The molecule has 1 fully saturated rings. The molecular weight excluding hydrogens is 292 g/mol. The number of hydrogen-bond donors (Lipinski definition) is 0. The lowest BCUT2D eigenvalue weighted by atomic mass is 10.1. The van der Waals surface area contributed by atoms with Gasteiger partial charge in [0.1, 0.15) is 17.0 Å². The van der Waals surface area contributed by atoms with Crippen molar-refractivity contribution in [2.75, 3.05) is 37.6 Å². The van der Waals surface area contributed by atoms with E-state index in [1.165, 1.54) is 23.2 Å². The van der Waals surface area contributed by atoms with Crippen LogP contribution >= 0.6 is 11.3 Å². The van der Waals surface area contributed by atoms with E-state index in [2.05, 4.69) is 46.6 Å². The van der Waals surface area contributed by atoms with Gasteiger partial charge in [-0.3, -0.25) is 4.90 Å². The molecule has 3 rings (SSSR count). The van der Waals surface area contributed by atoms with E-state index in [4.69, 9.17) is 0 Å². The Morgan fingerprint density at radius 2 is 1.95 bits per heavy atom. The van der Waals surface area contributed by atoms with Gasteiger partial charge in [0.15, 0.2) is 0 Å². The fraction of sp³-hybridized carbons (Fsp3) is 0.647. The van der Waals surface area contributed by atoms with Gasteiger partial charge < -0.3 is 4.90 Å². The summed E-state index contributed by atoms with van der Waals surface area (Å²) >= 11 is 1.80. The molecule has 0 atom stereocenters. The van der Waals surface area contributed by atoms with Crippen molar-refractivity contribution in [2.45, 2.75) is 33.6 Å². The molecule has 0 aromatic carbocycles. The van der Waals surface area contributed by atoms with E-state index < -0.39 is 0 Å². The SMILES string of the molecule is CCc1cc2c(N3CCN(CCC(C)C)CC3)ncnc2s1. The number of hydrogen-bond acceptors (Lipinski definition) is 5. The smallest absolute Gasteiger partial charge is 0.140 e. The Hall–Kier alpha value is -1.20. The summed E-state index contributed by atoms with van der Waals surface area (Å²) in [7, 11) is 0. The Kier molecular flexibility index (Phi) is 4.93. The summed E-state index contributed by atoms with van der Waals surface area (Å²) in [5.74, 6) is 1.92. The first-order chi connectivity index (χ1) is 10.7. The Morgan fingerprint density at radius 1 is 1.18 bits per heavy atom. The zero-order valence-electron chi connectivity index (χ0n) is 13.9. The van der Waals surface area contributed by atoms with Gasteiger partial charge >= 0.3 is 0 Å². The quantitative estimate of drug-likeness (QED) is 0.845. The molecule has 1 aliphatic rings. The van der Waals surface area contributed by atoms with Gasteiger partial charge in [-0.05, 0) is 31.4 Å². The van der Waals surface area contributed by atoms with E-state index in [1.807, 2.05) is 0 Å². The molecule has 2 aromatic heterocycles. The summed E-state index contributed by atoms with van der Waals surface area (Å²) in [5.41, 5.74) is 0. The summed E-state index contributed by atoms with van der Waals surface area (Å²) in [5, 5.41) is 1.24. The van der Waals surface area contributed by atoms with Gasteiger partial charge in [-0.1, -0.05) is 20.8 Å². The molecule has 0 bridgehead atoms. The van der Waals surface area contributed by atoms with Crippen molar-refractivity contribution in [3.05, 3.63) is 17.3 Å². The highest BCUT2D eigenvalue weighted by Crippen LogP contribution is 2.30. The van der Waals surface area contributed by atoms with E-state index in [0.29, 0.717) is 0 Å². The fourth-order valence-electron chi connectivity index (χ4n) is 2.94. The number of aryl methyl sites for hydroxylation is 1. The highest BCUT2D eigenvalue weighted by Gasteiger charge is 2.20. The second kappa shape index (κ2) is 6.92. The predicted molar refractivity (Wildman–Crippen MR) is 94.9 cm³/mol. The van der Waals surface area contributed by atoms with Crippen LogP contribution in [-0.4, -0.2) is 47.6 Å². The average molecular weight is 318 g/mol. The van der Waals surface area contributed by atoms with Crippen molar-refractivity contribution in [3.8, 4) is 0 Å². The first-order valence-electron chi connectivity index (χ1n) is 8.38. The van der Waals surface area contributed by atoms with Crippen LogP contribution < -0.4 is 4.90 Å². The van der Waals surface area contributed by atoms with Gasteiger partial charge in [0, 0.05) is 31.1 Å². The van der Waals surface area contributed by atoms with Gasteiger partial charge in [0.05, 0.1) is 5.39 Å². The predicted octanol–water partition coefficient (Wildman–Crippen LogP) is 3.42. The van der Waals surface area contributed by atoms with Crippen LogP contribution in [0.2, 0.25) is 0 Å². The number of aromatic nitrogens is 2. The summed E-state index contributed by atoms with van der Waals surface area (Å²) in [6.45, 7) is 12.5. The Bertz CT molecular complexity index is 614. The van der Waals surface area contributed by atoms with Crippen LogP contribution in [-0.2, 0) is 6.42 Å². The molecule has 0 aliphatic carbocycles. The highest BCUT2D eigenvalue weighted by molar-refractivity contribution is 7.18. The minimum absolute atomic E-state index is 0.790. The lowest BCUT2D eigenvalue weighted by molar-refractivity contribution is 0.243. The second-order valence-corrected chi connectivity index (χ2v) is 7.61. The minimum Gasteiger partial charge on any atom is -0.353 e. The molecule has 1 aliphatic heterocycles. The van der Waals surface area contributed by atoms with Crippen LogP contribution in [0.15, 0.2) is 12.4 Å². The average Bonchev–Trinajstić information content (AvgIpc) is 2.96. The van der Waals surface area contributed by atoms with Crippen LogP contribution in [0, 0.1) is 5.92 Å². The number of rotatable bonds is 5. The zero-order valence-corrected chi connectivity index (χ0v) is 14.7. The van der Waals surface area contributed by atoms with Gasteiger partial charge in [-0.15, -0.1) is 11.3 Å². The minimum atomic E-state index is 0.790. The maximum absolute atomic E-state index is 4.58. The van der Waals surface area contributed by atoms with E-state index in [0.717, 1.165) is 49.2 Å². The molecule has 0 spiro atoms. The summed E-state index contributed by atoms with van der Waals surface area (Å²) in [6, 6.07) is 2.28. The number of fused-ring (bicyclic) bond motifs is 1. The molecule has 2 aromatic rings. The Morgan fingerprint density at radius 3 is 2.64 bits per heavy atom. The molecule has 0 amide bonds. The zero-order chi connectivity index (χ0) is 15.5. The third-order valence-corrected chi connectivity index (χ3v) is 5.59. The lowest BCUT2D eigenvalue weighted by Crippen LogP contribution is -2.47.